The molecule has 0 radical (unpaired) electrons. The van der Waals surface area contributed by atoms with Crippen molar-refractivity contribution in [3.63, 3.8) is 0 Å². The van der Waals surface area contributed by atoms with Crippen molar-refractivity contribution < 1.29 is 22.7 Å². The lowest BCUT2D eigenvalue weighted by Crippen LogP contribution is -2.26. The van der Waals surface area contributed by atoms with Gasteiger partial charge in [-0.05, 0) is 55.0 Å². The zero-order valence-electron chi connectivity index (χ0n) is 17.4. The highest BCUT2D eigenvalue weighted by atomic mass is 35.5. The molecule has 9 heteroatoms. The van der Waals surface area contributed by atoms with E-state index in [-0.39, 0.29) is 10.5 Å². The Morgan fingerprint density at radius 2 is 1.72 bits per heavy atom. The molecule has 0 saturated carbocycles. The summed E-state index contributed by atoms with van der Waals surface area (Å²) in [5.41, 5.74) is 1.83. The third-order valence-corrected chi connectivity index (χ3v) is 6.83. The smallest absolute Gasteiger partial charge is 0.338 e. The van der Waals surface area contributed by atoms with Gasteiger partial charge in [0, 0.05) is 17.8 Å². The number of halogens is 1. The third kappa shape index (κ3) is 5.46. The molecule has 32 heavy (non-hydrogen) atoms. The van der Waals surface area contributed by atoms with Crippen LogP contribution in [0.25, 0.3) is 0 Å². The second kappa shape index (κ2) is 9.84. The van der Waals surface area contributed by atoms with Crippen LogP contribution in [0.15, 0.2) is 77.7 Å². The van der Waals surface area contributed by atoms with E-state index in [4.69, 9.17) is 16.3 Å². The molecular weight excluding hydrogens is 452 g/mol. The molecule has 0 bridgehead atoms. The van der Waals surface area contributed by atoms with Gasteiger partial charge in [0.2, 0.25) is 0 Å². The summed E-state index contributed by atoms with van der Waals surface area (Å²) in [7, 11) is -2.47. The van der Waals surface area contributed by atoms with Gasteiger partial charge in [0.1, 0.15) is 0 Å². The van der Waals surface area contributed by atoms with Crippen LogP contribution in [-0.4, -0.2) is 33.9 Å². The number of esters is 1. The van der Waals surface area contributed by atoms with Gasteiger partial charge in [-0.1, -0.05) is 41.9 Å². The van der Waals surface area contributed by atoms with Crippen molar-refractivity contribution in [1.82, 2.24) is 0 Å². The Kier molecular flexibility index (Phi) is 7.17. The molecule has 0 aliphatic rings. The van der Waals surface area contributed by atoms with Crippen molar-refractivity contribution in [3.8, 4) is 0 Å². The molecule has 0 unspecified atom stereocenters. The van der Waals surface area contributed by atoms with Gasteiger partial charge in [-0.2, -0.15) is 0 Å². The maximum absolute atomic E-state index is 12.9. The Labute approximate surface area is 191 Å². The highest BCUT2D eigenvalue weighted by Crippen LogP contribution is 2.23. The molecule has 7 nitrogen and oxygen atoms in total. The van der Waals surface area contributed by atoms with E-state index in [0.29, 0.717) is 16.4 Å². The molecule has 0 saturated heterocycles. The quantitative estimate of drug-likeness (QED) is 0.518. The minimum atomic E-state index is -3.89. The molecule has 0 aliphatic heterocycles. The lowest BCUT2D eigenvalue weighted by Gasteiger charge is -2.19. The number of rotatable bonds is 7. The number of carbonyl (C=O) groups excluding carboxylic acids is 2. The summed E-state index contributed by atoms with van der Waals surface area (Å²) in [6.07, 6.45) is 0. The number of benzene rings is 3. The molecular formula is C23H21ClN2O5S. The van der Waals surface area contributed by atoms with Gasteiger partial charge in [-0.15, -0.1) is 0 Å². The average molecular weight is 473 g/mol. The topological polar surface area (TPSA) is 92.8 Å². The van der Waals surface area contributed by atoms with E-state index in [1.807, 2.05) is 6.92 Å². The molecule has 1 amide bonds. The monoisotopic (exact) mass is 472 g/mol. The van der Waals surface area contributed by atoms with Crippen LogP contribution in [0.4, 0.5) is 11.4 Å². The third-order valence-electron chi connectivity index (χ3n) is 4.64. The van der Waals surface area contributed by atoms with Crippen LogP contribution in [0.2, 0.25) is 5.02 Å². The van der Waals surface area contributed by atoms with Gasteiger partial charge in [0.15, 0.2) is 6.61 Å². The van der Waals surface area contributed by atoms with Crippen LogP contribution in [0.5, 0.6) is 0 Å². The molecule has 1 N–H and O–H groups in total. The number of hydrogen-bond donors (Lipinski definition) is 1. The molecule has 0 heterocycles. The van der Waals surface area contributed by atoms with Gasteiger partial charge in [-0.3, -0.25) is 9.10 Å². The summed E-state index contributed by atoms with van der Waals surface area (Å²) in [6, 6.07) is 19.0. The zero-order valence-corrected chi connectivity index (χ0v) is 19.0. The molecule has 0 aromatic heterocycles. The number of sulfonamides is 1. The Bertz CT molecular complexity index is 1250. The zero-order chi connectivity index (χ0) is 23.3. The van der Waals surface area contributed by atoms with Crippen molar-refractivity contribution >= 4 is 44.9 Å². The summed E-state index contributed by atoms with van der Waals surface area (Å²) in [4.78, 5) is 24.4. The number of ether oxygens (including phenoxy) is 1. The number of anilines is 2. The molecule has 3 rings (SSSR count). The van der Waals surface area contributed by atoms with E-state index >= 15 is 0 Å². The Morgan fingerprint density at radius 3 is 2.41 bits per heavy atom. The van der Waals surface area contributed by atoms with Crippen molar-refractivity contribution in [1.29, 1.82) is 0 Å². The fourth-order valence-electron chi connectivity index (χ4n) is 2.80. The van der Waals surface area contributed by atoms with Crippen LogP contribution in [0.1, 0.15) is 15.9 Å². The number of para-hydroxylation sites is 1. The van der Waals surface area contributed by atoms with Gasteiger partial charge < -0.3 is 10.1 Å². The van der Waals surface area contributed by atoms with Gasteiger partial charge in [-0.25, -0.2) is 13.2 Å². The average Bonchev–Trinajstić information content (AvgIpc) is 2.80. The highest BCUT2D eigenvalue weighted by molar-refractivity contribution is 7.92. The number of nitrogens with zero attached hydrogens (tertiary/aromatic N) is 1. The molecule has 0 fully saturated rings. The lowest BCUT2D eigenvalue weighted by molar-refractivity contribution is -0.119. The van der Waals surface area contributed by atoms with Crippen molar-refractivity contribution in [2.75, 3.05) is 23.3 Å². The second-order valence-electron chi connectivity index (χ2n) is 6.92. The molecule has 3 aromatic rings. The van der Waals surface area contributed by atoms with Gasteiger partial charge in [0.25, 0.3) is 15.9 Å². The summed E-state index contributed by atoms with van der Waals surface area (Å²) in [6.45, 7) is 1.30. The number of aryl methyl sites for hydroxylation is 1. The Morgan fingerprint density at radius 1 is 1.00 bits per heavy atom. The fourth-order valence-corrected chi connectivity index (χ4v) is 4.22. The van der Waals surface area contributed by atoms with E-state index in [9.17, 15) is 18.0 Å². The van der Waals surface area contributed by atoms with Gasteiger partial charge >= 0.3 is 5.97 Å². The maximum Gasteiger partial charge on any atom is 0.338 e. The first-order valence-electron chi connectivity index (χ1n) is 9.55. The summed E-state index contributed by atoms with van der Waals surface area (Å²) in [5.74, 6) is -1.37. The van der Waals surface area contributed by atoms with Crippen molar-refractivity contribution in [3.05, 3.63) is 88.9 Å². The predicted octanol–water partition coefficient (Wildman–Crippen LogP) is 4.27. The number of carbonyl (C=O) groups is 2. The predicted molar refractivity (Wildman–Crippen MR) is 124 cm³/mol. The normalized spacial score (nSPS) is 11.0. The number of hydrogen-bond acceptors (Lipinski definition) is 5. The van der Waals surface area contributed by atoms with Crippen LogP contribution in [-0.2, 0) is 19.6 Å². The van der Waals surface area contributed by atoms with E-state index in [1.54, 1.807) is 48.5 Å². The van der Waals surface area contributed by atoms with E-state index in [2.05, 4.69) is 5.32 Å². The minimum absolute atomic E-state index is 0.0127. The Balaban J connectivity index is 1.67. The second-order valence-corrected chi connectivity index (χ2v) is 9.30. The fraction of sp³-hybridized carbons (Fsp3) is 0.130. The maximum atomic E-state index is 12.9. The SMILES string of the molecule is Cc1ccc(NC(=O)COC(=O)c2cccc(S(=O)(=O)N(C)c3ccccc3)c2)cc1Cl. The van der Waals surface area contributed by atoms with E-state index < -0.39 is 28.5 Å². The van der Waals surface area contributed by atoms with E-state index in [1.165, 1.54) is 31.3 Å². The summed E-state index contributed by atoms with van der Waals surface area (Å²) < 4.78 is 32.0. The largest absolute Gasteiger partial charge is 0.452 e. The van der Waals surface area contributed by atoms with Gasteiger partial charge in [0.05, 0.1) is 16.1 Å². The first-order chi connectivity index (χ1) is 15.2. The number of nitrogens with one attached hydrogen (secondary N) is 1. The first-order valence-corrected chi connectivity index (χ1v) is 11.4. The van der Waals surface area contributed by atoms with Crippen LogP contribution < -0.4 is 9.62 Å². The lowest BCUT2D eigenvalue weighted by atomic mass is 10.2. The van der Waals surface area contributed by atoms with Crippen LogP contribution in [0.3, 0.4) is 0 Å². The van der Waals surface area contributed by atoms with Crippen molar-refractivity contribution in [2.24, 2.45) is 0 Å². The molecule has 0 spiro atoms. The molecule has 0 aliphatic carbocycles. The van der Waals surface area contributed by atoms with Crippen molar-refractivity contribution in [2.45, 2.75) is 11.8 Å². The van der Waals surface area contributed by atoms with Crippen LogP contribution >= 0.6 is 11.6 Å². The standard InChI is InChI=1S/C23H21ClN2O5S/c1-16-11-12-18(14-21(16)24)25-22(27)15-31-23(28)17-7-6-10-20(13-17)32(29,30)26(2)19-8-4-3-5-9-19/h3-14H,15H2,1-2H3,(H,25,27). The molecule has 3 aromatic carbocycles. The highest BCUT2D eigenvalue weighted by Gasteiger charge is 2.23. The Hall–Kier alpha value is -3.36. The summed E-state index contributed by atoms with van der Waals surface area (Å²) >= 11 is 6.03. The van der Waals surface area contributed by atoms with Crippen LogP contribution in [0, 0.1) is 6.92 Å². The summed E-state index contributed by atoms with van der Waals surface area (Å²) in [5, 5.41) is 3.08. The van der Waals surface area contributed by atoms with E-state index in [0.717, 1.165) is 9.87 Å². The molecule has 166 valence electrons. The first kappa shape index (κ1) is 23.3. The molecule has 0 atom stereocenters. The minimum Gasteiger partial charge on any atom is -0.452 e. The number of amides is 1.